The van der Waals surface area contributed by atoms with E-state index in [0.717, 1.165) is 19.6 Å². The largest absolute Gasteiger partial charge is 0.381 e. The number of nitro groups is 1. The topological polar surface area (TPSA) is 64.2 Å². The zero-order chi connectivity index (χ0) is 13.2. The summed E-state index contributed by atoms with van der Waals surface area (Å²) in [6, 6.07) is 0. The van der Waals surface area contributed by atoms with Crippen molar-refractivity contribution in [1.29, 1.82) is 0 Å². The lowest BCUT2D eigenvalue weighted by atomic mass is 10.0. The predicted molar refractivity (Wildman–Crippen MR) is 68.5 cm³/mol. The van der Waals surface area contributed by atoms with E-state index >= 15 is 0 Å². The first kappa shape index (κ1) is 13.0. The number of aromatic nitrogens is 2. The third-order valence-electron chi connectivity index (χ3n) is 3.51. The maximum absolute atomic E-state index is 10.7. The molecule has 1 saturated heterocycles. The summed E-state index contributed by atoms with van der Waals surface area (Å²) in [4.78, 5) is 16.4. The zero-order valence-electron chi connectivity index (χ0n) is 11.0. The van der Waals surface area contributed by atoms with Crippen molar-refractivity contribution in [3.8, 4) is 0 Å². The number of likely N-dealkylation sites (tertiary alicyclic amines) is 1. The Hall–Kier alpha value is -1.43. The Labute approximate surface area is 107 Å². The molecule has 2 rings (SSSR count). The van der Waals surface area contributed by atoms with Crippen LogP contribution in [-0.2, 0) is 5.54 Å². The number of piperidine rings is 1. The summed E-state index contributed by atoms with van der Waals surface area (Å²) in [5.41, 5.74) is -0.168. The molecule has 1 aromatic rings. The summed E-state index contributed by atoms with van der Waals surface area (Å²) in [7, 11) is 0. The lowest BCUT2D eigenvalue weighted by molar-refractivity contribution is -0.389. The molecule has 0 radical (unpaired) electrons. The summed E-state index contributed by atoms with van der Waals surface area (Å²) in [6.45, 7) is 7.33. The molecule has 0 N–H and O–H groups in total. The molecule has 0 unspecified atom stereocenters. The lowest BCUT2D eigenvalue weighted by Gasteiger charge is -2.35. The highest BCUT2D eigenvalue weighted by atomic mass is 16.6. The Balaban J connectivity index is 2.06. The maximum atomic E-state index is 10.7. The second kappa shape index (κ2) is 5.06. The first-order chi connectivity index (χ1) is 8.49. The Bertz CT molecular complexity index is 421. The van der Waals surface area contributed by atoms with Crippen LogP contribution >= 0.6 is 0 Å². The van der Waals surface area contributed by atoms with Crippen molar-refractivity contribution in [2.75, 3.05) is 19.6 Å². The number of hydrogen-bond donors (Lipinski definition) is 0. The van der Waals surface area contributed by atoms with E-state index in [0.29, 0.717) is 0 Å². The molecule has 1 fully saturated rings. The molecule has 0 saturated carbocycles. The summed E-state index contributed by atoms with van der Waals surface area (Å²) < 4.78 is 1.85. The van der Waals surface area contributed by atoms with Crippen LogP contribution < -0.4 is 0 Å². The Morgan fingerprint density at radius 3 is 2.61 bits per heavy atom. The van der Waals surface area contributed by atoms with Crippen molar-refractivity contribution < 1.29 is 4.92 Å². The van der Waals surface area contributed by atoms with E-state index in [4.69, 9.17) is 0 Å². The molecule has 100 valence electrons. The van der Waals surface area contributed by atoms with E-state index in [1.54, 1.807) is 6.33 Å². The summed E-state index contributed by atoms with van der Waals surface area (Å²) >= 11 is 0. The van der Waals surface area contributed by atoms with Gasteiger partial charge < -0.3 is 19.6 Å². The van der Waals surface area contributed by atoms with Gasteiger partial charge in [-0.05, 0) is 49.7 Å². The van der Waals surface area contributed by atoms with Gasteiger partial charge in [0.05, 0.1) is 5.54 Å². The van der Waals surface area contributed by atoms with Gasteiger partial charge in [0.25, 0.3) is 0 Å². The fourth-order valence-electron chi connectivity index (χ4n) is 2.48. The van der Waals surface area contributed by atoms with Crippen LogP contribution in [0.25, 0.3) is 0 Å². The van der Waals surface area contributed by atoms with E-state index in [2.05, 4.69) is 23.7 Å². The van der Waals surface area contributed by atoms with Crippen molar-refractivity contribution in [1.82, 2.24) is 14.5 Å². The van der Waals surface area contributed by atoms with E-state index in [1.165, 1.54) is 25.5 Å². The molecule has 6 heteroatoms. The van der Waals surface area contributed by atoms with Gasteiger partial charge in [0.2, 0.25) is 6.33 Å². The monoisotopic (exact) mass is 252 g/mol. The summed E-state index contributed by atoms with van der Waals surface area (Å²) in [5.74, 6) is -0.0817. The van der Waals surface area contributed by atoms with Gasteiger partial charge in [0.1, 0.15) is 6.20 Å². The van der Waals surface area contributed by atoms with Crippen LogP contribution in [0.4, 0.5) is 5.82 Å². The Kier molecular flexibility index (Phi) is 3.65. The minimum absolute atomic E-state index is 0.0817. The van der Waals surface area contributed by atoms with Gasteiger partial charge in [0.15, 0.2) is 0 Å². The maximum Gasteiger partial charge on any atom is 0.381 e. The summed E-state index contributed by atoms with van der Waals surface area (Å²) in [5, 5.41) is 10.7. The van der Waals surface area contributed by atoms with Gasteiger partial charge >= 0.3 is 5.82 Å². The normalized spacial score (nSPS) is 17.9. The molecule has 2 heterocycles. The van der Waals surface area contributed by atoms with Crippen molar-refractivity contribution in [3.63, 3.8) is 0 Å². The lowest BCUT2D eigenvalue weighted by Crippen LogP contribution is -2.42. The molecular weight excluding hydrogens is 232 g/mol. The Morgan fingerprint density at radius 1 is 1.39 bits per heavy atom. The highest BCUT2D eigenvalue weighted by Crippen LogP contribution is 2.21. The van der Waals surface area contributed by atoms with Crippen LogP contribution in [0.1, 0.15) is 33.1 Å². The predicted octanol–water partition coefficient (Wildman–Crippen LogP) is 2.01. The van der Waals surface area contributed by atoms with Gasteiger partial charge in [-0.2, -0.15) is 0 Å². The SMILES string of the molecule is CC(C)(CN1CCCCC1)n1cnc([N+](=O)[O-])c1. The molecule has 1 aromatic heterocycles. The molecule has 0 spiro atoms. The molecule has 18 heavy (non-hydrogen) atoms. The second-order valence-corrected chi connectivity index (χ2v) is 5.55. The number of imidazole rings is 1. The first-order valence-corrected chi connectivity index (χ1v) is 6.40. The molecule has 1 aliphatic heterocycles. The minimum atomic E-state index is -0.451. The fourth-order valence-corrected chi connectivity index (χ4v) is 2.48. The van der Waals surface area contributed by atoms with E-state index < -0.39 is 4.92 Å². The van der Waals surface area contributed by atoms with E-state index in [9.17, 15) is 10.1 Å². The molecular formula is C12H20N4O2. The Morgan fingerprint density at radius 2 is 2.06 bits per heavy atom. The number of hydrogen-bond acceptors (Lipinski definition) is 4. The van der Waals surface area contributed by atoms with E-state index in [-0.39, 0.29) is 11.4 Å². The molecule has 0 atom stereocenters. The van der Waals surface area contributed by atoms with Crippen LogP contribution in [0.2, 0.25) is 0 Å². The van der Waals surface area contributed by atoms with E-state index in [1.807, 2.05) is 4.57 Å². The first-order valence-electron chi connectivity index (χ1n) is 6.40. The number of nitrogens with zero attached hydrogens (tertiary/aromatic N) is 4. The standard InChI is InChI=1S/C12H20N4O2/c1-12(2,9-14-6-4-3-5-7-14)15-8-11(13-10-15)16(17)18/h8,10H,3-7,9H2,1-2H3. The average molecular weight is 252 g/mol. The summed E-state index contributed by atoms with van der Waals surface area (Å²) in [6.07, 6.45) is 6.89. The molecule has 0 amide bonds. The zero-order valence-corrected chi connectivity index (χ0v) is 11.0. The van der Waals surface area contributed by atoms with Gasteiger partial charge in [-0.25, -0.2) is 0 Å². The average Bonchev–Trinajstić information content (AvgIpc) is 2.79. The van der Waals surface area contributed by atoms with Crippen LogP contribution in [0.15, 0.2) is 12.5 Å². The minimum Gasteiger partial charge on any atom is -0.358 e. The van der Waals surface area contributed by atoms with Crippen molar-refractivity contribution in [2.24, 2.45) is 0 Å². The van der Waals surface area contributed by atoms with Gasteiger partial charge in [0, 0.05) is 6.54 Å². The third-order valence-corrected chi connectivity index (χ3v) is 3.51. The quantitative estimate of drug-likeness (QED) is 0.607. The van der Waals surface area contributed by atoms with Crippen LogP contribution in [0.5, 0.6) is 0 Å². The van der Waals surface area contributed by atoms with Crippen molar-refractivity contribution in [3.05, 3.63) is 22.6 Å². The van der Waals surface area contributed by atoms with Crippen LogP contribution in [0, 0.1) is 10.1 Å². The van der Waals surface area contributed by atoms with Gasteiger partial charge in [-0.15, -0.1) is 0 Å². The molecule has 0 aliphatic carbocycles. The molecule has 0 aromatic carbocycles. The van der Waals surface area contributed by atoms with Crippen molar-refractivity contribution >= 4 is 5.82 Å². The smallest absolute Gasteiger partial charge is 0.358 e. The molecule has 1 aliphatic rings. The number of rotatable bonds is 4. The highest BCUT2D eigenvalue weighted by molar-refractivity contribution is 5.14. The third kappa shape index (κ3) is 2.87. The van der Waals surface area contributed by atoms with Crippen LogP contribution in [-0.4, -0.2) is 39.0 Å². The molecule has 6 nitrogen and oxygen atoms in total. The fraction of sp³-hybridized carbons (Fsp3) is 0.750. The van der Waals surface area contributed by atoms with Gasteiger partial charge in [-0.3, -0.25) is 0 Å². The molecule has 0 bridgehead atoms. The van der Waals surface area contributed by atoms with Crippen molar-refractivity contribution in [2.45, 2.75) is 38.6 Å². The van der Waals surface area contributed by atoms with Gasteiger partial charge in [-0.1, -0.05) is 6.42 Å². The second-order valence-electron chi connectivity index (χ2n) is 5.55. The van der Waals surface area contributed by atoms with Crippen LogP contribution in [0.3, 0.4) is 0 Å². The highest BCUT2D eigenvalue weighted by Gasteiger charge is 2.27.